The molecule has 0 aliphatic carbocycles. The lowest BCUT2D eigenvalue weighted by Gasteiger charge is -2.34. The Balaban J connectivity index is 1.67. The van der Waals surface area contributed by atoms with Crippen molar-refractivity contribution in [1.82, 2.24) is 20.4 Å². The number of amides is 2. The van der Waals surface area contributed by atoms with E-state index >= 15 is 0 Å². The minimum atomic E-state index is -0.468. The molecule has 1 aliphatic heterocycles. The van der Waals surface area contributed by atoms with Crippen molar-refractivity contribution in [3.05, 3.63) is 47.6 Å². The maximum Gasteiger partial charge on any atom is 0.276 e. The SMILES string of the molecule is Cc1cc(C(=O)N2CCCC[C@H]2C(=O)NCc2ccncc2)no1. The molecule has 2 amide bonds. The smallest absolute Gasteiger partial charge is 0.276 e. The number of aromatic nitrogens is 2. The molecule has 1 aliphatic rings. The molecule has 1 fully saturated rings. The first-order valence-corrected chi connectivity index (χ1v) is 8.06. The Morgan fingerprint density at radius 2 is 2.12 bits per heavy atom. The largest absolute Gasteiger partial charge is 0.361 e. The Morgan fingerprint density at radius 1 is 1.33 bits per heavy atom. The molecule has 3 rings (SSSR count). The van der Waals surface area contributed by atoms with Crippen LogP contribution in [0.3, 0.4) is 0 Å². The summed E-state index contributed by atoms with van der Waals surface area (Å²) in [7, 11) is 0. The van der Waals surface area contributed by atoms with Crippen LogP contribution in [-0.4, -0.2) is 39.4 Å². The summed E-state index contributed by atoms with van der Waals surface area (Å²) >= 11 is 0. The number of carbonyl (C=O) groups is 2. The second-order valence-corrected chi connectivity index (χ2v) is 5.91. The molecule has 3 heterocycles. The van der Waals surface area contributed by atoms with Gasteiger partial charge in [0, 0.05) is 31.5 Å². The van der Waals surface area contributed by atoms with Crippen molar-refractivity contribution in [2.75, 3.05) is 6.54 Å². The Bertz CT molecular complexity index is 714. The van der Waals surface area contributed by atoms with E-state index < -0.39 is 6.04 Å². The van der Waals surface area contributed by atoms with Crippen molar-refractivity contribution >= 4 is 11.8 Å². The van der Waals surface area contributed by atoms with Crippen LogP contribution in [0, 0.1) is 6.92 Å². The highest BCUT2D eigenvalue weighted by atomic mass is 16.5. The third kappa shape index (κ3) is 3.61. The molecule has 7 heteroatoms. The van der Waals surface area contributed by atoms with E-state index in [4.69, 9.17) is 4.52 Å². The number of pyridine rings is 1. The van der Waals surface area contributed by atoms with Crippen LogP contribution in [-0.2, 0) is 11.3 Å². The van der Waals surface area contributed by atoms with Crippen molar-refractivity contribution in [3.8, 4) is 0 Å². The molecule has 1 N–H and O–H groups in total. The summed E-state index contributed by atoms with van der Waals surface area (Å²) in [4.78, 5) is 30.7. The van der Waals surface area contributed by atoms with Crippen LogP contribution in [0.25, 0.3) is 0 Å². The molecule has 0 spiro atoms. The molecule has 2 aromatic heterocycles. The minimum Gasteiger partial charge on any atom is -0.361 e. The predicted octanol–water partition coefficient (Wildman–Crippen LogP) is 1.69. The molecular weight excluding hydrogens is 308 g/mol. The van der Waals surface area contributed by atoms with Gasteiger partial charge in [0.1, 0.15) is 11.8 Å². The zero-order valence-corrected chi connectivity index (χ0v) is 13.6. The van der Waals surface area contributed by atoms with E-state index in [1.165, 1.54) is 0 Å². The first-order valence-electron chi connectivity index (χ1n) is 8.06. The third-order valence-corrected chi connectivity index (χ3v) is 4.13. The van der Waals surface area contributed by atoms with Crippen molar-refractivity contribution in [3.63, 3.8) is 0 Å². The lowest BCUT2D eigenvalue weighted by atomic mass is 10.0. The first-order chi connectivity index (χ1) is 11.6. The number of nitrogens with one attached hydrogen (secondary N) is 1. The van der Waals surface area contributed by atoms with E-state index in [0.29, 0.717) is 25.3 Å². The Hall–Kier alpha value is -2.70. The topological polar surface area (TPSA) is 88.3 Å². The molecule has 24 heavy (non-hydrogen) atoms. The molecule has 0 unspecified atom stereocenters. The normalized spacial score (nSPS) is 17.5. The molecule has 2 aromatic rings. The van der Waals surface area contributed by atoms with E-state index in [1.807, 2.05) is 12.1 Å². The molecule has 0 radical (unpaired) electrons. The zero-order chi connectivity index (χ0) is 16.9. The van der Waals surface area contributed by atoms with E-state index in [9.17, 15) is 9.59 Å². The molecule has 0 bridgehead atoms. The molecule has 1 saturated heterocycles. The molecule has 126 valence electrons. The van der Waals surface area contributed by atoms with Crippen molar-refractivity contribution < 1.29 is 14.1 Å². The minimum absolute atomic E-state index is 0.139. The van der Waals surface area contributed by atoms with Gasteiger partial charge in [0.25, 0.3) is 5.91 Å². The summed E-state index contributed by atoms with van der Waals surface area (Å²) in [6.07, 6.45) is 5.84. The van der Waals surface area contributed by atoms with Crippen LogP contribution in [0.4, 0.5) is 0 Å². The van der Waals surface area contributed by atoms with E-state index in [0.717, 1.165) is 18.4 Å². The number of hydrogen-bond donors (Lipinski definition) is 1. The quantitative estimate of drug-likeness (QED) is 0.922. The summed E-state index contributed by atoms with van der Waals surface area (Å²) in [5, 5.41) is 6.68. The van der Waals surface area contributed by atoms with Crippen LogP contribution in [0.15, 0.2) is 35.1 Å². The van der Waals surface area contributed by atoms with Crippen molar-refractivity contribution in [2.45, 2.75) is 38.8 Å². The van der Waals surface area contributed by atoms with Crippen LogP contribution in [0.2, 0.25) is 0 Å². The molecule has 0 aromatic carbocycles. The number of likely N-dealkylation sites (tertiary alicyclic amines) is 1. The second kappa shape index (κ2) is 7.25. The molecule has 1 atom stereocenters. The zero-order valence-electron chi connectivity index (χ0n) is 13.6. The number of carbonyl (C=O) groups excluding carboxylic acids is 2. The third-order valence-electron chi connectivity index (χ3n) is 4.13. The van der Waals surface area contributed by atoms with Crippen LogP contribution in [0.1, 0.15) is 41.1 Å². The number of nitrogens with zero attached hydrogens (tertiary/aromatic N) is 3. The lowest BCUT2D eigenvalue weighted by Crippen LogP contribution is -2.51. The van der Waals surface area contributed by atoms with Gasteiger partial charge in [0.15, 0.2) is 5.69 Å². The summed E-state index contributed by atoms with van der Waals surface area (Å²) in [5.41, 5.74) is 1.22. The van der Waals surface area contributed by atoms with Gasteiger partial charge in [-0.15, -0.1) is 0 Å². The summed E-state index contributed by atoms with van der Waals surface area (Å²) in [5.74, 6) is 0.185. The predicted molar refractivity (Wildman–Crippen MR) is 86.0 cm³/mol. The Labute approximate surface area is 140 Å². The standard InChI is InChI=1S/C17H20N4O3/c1-12-10-14(20-24-12)17(23)21-9-3-2-4-15(21)16(22)19-11-13-5-7-18-8-6-13/h5-8,10,15H,2-4,9,11H2,1H3,(H,19,22)/t15-/m0/s1. The highest BCUT2D eigenvalue weighted by molar-refractivity contribution is 5.96. The van der Waals surface area contributed by atoms with Crippen LogP contribution in [0.5, 0.6) is 0 Å². The van der Waals surface area contributed by atoms with Gasteiger partial charge in [-0.05, 0) is 43.9 Å². The Morgan fingerprint density at radius 3 is 2.83 bits per heavy atom. The van der Waals surface area contributed by atoms with Gasteiger partial charge < -0.3 is 14.7 Å². The number of rotatable bonds is 4. The van der Waals surface area contributed by atoms with Gasteiger partial charge >= 0.3 is 0 Å². The summed E-state index contributed by atoms with van der Waals surface area (Å²) in [6.45, 7) is 2.71. The summed E-state index contributed by atoms with van der Waals surface area (Å²) < 4.78 is 4.97. The van der Waals surface area contributed by atoms with Gasteiger partial charge in [-0.3, -0.25) is 14.6 Å². The summed E-state index contributed by atoms with van der Waals surface area (Å²) in [6, 6.07) is 4.83. The maximum absolute atomic E-state index is 12.6. The molecule has 0 saturated carbocycles. The highest BCUT2D eigenvalue weighted by Crippen LogP contribution is 2.20. The monoisotopic (exact) mass is 328 g/mol. The molecule has 7 nitrogen and oxygen atoms in total. The van der Waals surface area contributed by atoms with E-state index in [1.54, 1.807) is 30.3 Å². The Kier molecular flexibility index (Phi) is 4.88. The fraction of sp³-hybridized carbons (Fsp3) is 0.412. The van der Waals surface area contributed by atoms with Crippen molar-refractivity contribution in [2.24, 2.45) is 0 Å². The number of aryl methyl sites for hydroxylation is 1. The fourth-order valence-electron chi connectivity index (χ4n) is 2.87. The molecular formula is C17H20N4O3. The van der Waals surface area contributed by atoms with E-state index in [2.05, 4.69) is 15.5 Å². The average molecular weight is 328 g/mol. The lowest BCUT2D eigenvalue weighted by molar-refractivity contribution is -0.126. The van der Waals surface area contributed by atoms with Gasteiger partial charge in [0.05, 0.1) is 0 Å². The fourth-order valence-corrected chi connectivity index (χ4v) is 2.87. The number of hydrogen-bond acceptors (Lipinski definition) is 5. The van der Waals surface area contributed by atoms with Gasteiger partial charge in [-0.2, -0.15) is 0 Å². The van der Waals surface area contributed by atoms with E-state index in [-0.39, 0.29) is 17.5 Å². The first kappa shape index (κ1) is 16.2. The van der Waals surface area contributed by atoms with Gasteiger partial charge in [-0.1, -0.05) is 5.16 Å². The van der Waals surface area contributed by atoms with Crippen LogP contribution >= 0.6 is 0 Å². The maximum atomic E-state index is 12.6. The average Bonchev–Trinajstić information content (AvgIpc) is 3.06. The highest BCUT2D eigenvalue weighted by Gasteiger charge is 2.33. The van der Waals surface area contributed by atoms with Crippen molar-refractivity contribution in [1.29, 1.82) is 0 Å². The number of piperidine rings is 1. The second-order valence-electron chi connectivity index (χ2n) is 5.91. The van der Waals surface area contributed by atoms with Gasteiger partial charge in [-0.25, -0.2) is 0 Å². The van der Waals surface area contributed by atoms with Gasteiger partial charge in [0.2, 0.25) is 5.91 Å². The van der Waals surface area contributed by atoms with Crippen LogP contribution < -0.4 is 5.32 Å².